The molecule has 0 bridgehead atoms. The number of hydrogen-bond acceptors (Lipinski definition) is 6. The molecule has 2 atom stereocenters. The molecule has 2 amide bonds. The summed E-state index contributed by atoms with van der Waals surface area (Å²) in [4.78, 5) is 32.2. The van der Waals surface area contributed by atoms with Crippen LogP contribution in [0.3, 0.4) is 0 Å². The van der Waals surface area contributed by atoms with Crippen LogP contribution < -0.4 is 4.72 Å². The zero-order chi connectivity index (χ0) is 27.3. The standard InChI is InChI=1S/C28H40N4O4S2/c1-4-5-14-30(3)18-24-8-6-16-32(24)26(33)19-31-15-7-9-25(28(31)34)29-38(35,36)27-17-23(20-37-27)22-12-10-21(2)11-13-22/h10-13,17,20,24-25,29H,4-9,14-16,18-19H2,1-3H3/t24-,25-/m0/s1. The molecule has 8 nitrogen and oxygen atoms in total. The first kappa shape index (κ1) is 28.7. The number of unbranched alkanes of at least 4 members (excludes halogenated alkanes) is 1. The molecule has 0 unspecified atom stereocenters. The molecule has 0 spiro atoms. The van der Waals surface area contributed by atoms with Gasteiger partial charge in [0, 0.05) is 25.7 Å². The highest BCUT2D eigenvalue weighted by molar-refractivity contribution is 7.91. The van der Waals surface area contributed by atoms with E-state index in [0.29, 0.717) is 25.9 Å². The maximum Gasteiger partial charge on any atom is 0.250 e. The number of carbonyl (C=O) groups excluding carboxylic acids is 2. The van der Waals surface area contributed by atoms with Crippen molar-refractivity contribution >= 4 is 33.2 Å². The average molecular weight is 561 g/mol. The molecule has 0 saturated carbocycles. The summed E-state index contributed by atoms with van der Waals surface area (Å²) < 4.78 is 29.1. The number of hydrogen-bond donors (Lipinski definition) is 1. The van der Waals surface area contributed by atoms with Gasteiger partial charge in [-0.25, -0.2) is 8.42 Å². The summed E-state index contributed by atoms with van der Waals surface area (Å²) >= 11 is 1.14. The van der Waals surface area contributed by atoms with Crippen LogP contribution in [0.15, 0.2) is 39.9 Å². The predicted octanol–water partition coefficient (Wildman–Crippen LogP) is 3.72. The lowest BCUT2D eigenvalue weighted by Crippen LogP contribution is -2.55. The van der Waals surface area contributed by atoms with Gasteiger partial charge in [-0.05, 0) is 75.2 Å². The Morgan fingerprint density at radius 2 is 1.87 bits per heavy atom. The number of benzene rings is 1. The molecule has 38 heavy (non-hydrogen) atoms. The van der Waals surface area contributed by atoms with Crippen LogP contribution in [0.5, 0.6) is 0 Å². The number of likely N-dealkylation sites (N-methyl/N-ethyl adjacent to an activating group) is 1. The summed E-state index contributed by atoms with van der Waals surface area (Å²) in [5.74, 6) is -0.367. The normalized spacial score (nSPS) is 20.5. The maximum atomic E-state index is 13.2. The second kappa shape index (κ2) is 12.7. The summed E-state index contributed by atoms with van der Waals surface area (Å²) in [6, 6.07) is 8.87. The third kappa shape index (κ3) is 7.02. The highest BCUT2D eigenvalue weighted by Crippen LogP contribution is 2.29. The van der Waals surface area contributed by atoms with Crippen LogP contribution in [0.25, 0.3) is 11.1 Å². The molecule has 1 aromatic heterocycles. The Morgan fingerprint density at radius 3 is 2.61 bits per heavy atom. The second-order valence-corrected chi connectivity index (χ2v) is 13.4. The fourth-order valence-electron chi connectivity index (χ4n) is 5.29. The van der Waals surface area contributed by atoms with Crippen molar-refractivity contribution in [1.82, 2.24) is 19.4 Å². The van der Waals surface area contributed by atoms with Crippen molar-refractivity contribution in [3.8, 4) is 11.1 Å². The molecule has 2 fully saturated rings. The number of nitrogens with one attached hydrogen (secondary N) is 1. The molecule has 3 heterocycles. The number of nitrogens with zero attached hydrogens (tertiary/aromatic N) is 3. The smallest absolute Gasteiger partial charge is 0.250 e. The molecular formula is C28H40N4O4S2. The summed E-state index contributed by atoms with van der Waals surface area (Å²) in [5.41, 5.74) is 2.92. The van der Waals surface area contributed by atoms with Gasteiger partial charge in [0.05, 0.1) is 6.54 Å². The molecule has 1 N–H and O–H groups in total. The number of aryl methyl sites for hydroxylation is 1. The van der Waals surface area contributed by atoms with Crippen molar-refractivity contribution < 1.29 is 18.0 Å². The number of thiophene rings is 1. The molecule has 2 aromatic rings. The maximum absolute atomic E-state index is 13.2. The van der Waals surface area contributed by atoms with Crippen LogP contribution in [-0.4, -0.2) is 86.8 Å². The highest BCUT2D eigenvalue weighted by Gasteiger charge is 2.36. The number of amides is 2. The molecular weight excluding hydrogens is 520 g/mol. The van der Waals surface area contributed by atoms with Crippen LogP contribution in [0, 0.1) is 6.92 Å². The molecule has 10 heteroatoms. The molecule has 0 aliphatic carbocycles. The Labute approximate surface area is 231 Å². The Hall–Kier alpha value is -2.27. The summed E-state index contributed by atoms with van der Waals surface area (Å²) in [5, 5.41) is 1.82. The predicted molar refractivity (Wildman–Crippen MR) is 152 cm³/mol. The minimum Gasteiger partial charge on any atom is -0.337 e. The fraction of sp³-hybridized carbons (Fsp3) is 0.571. The van der Waals surface area contributed by atoms with E-state index in [9.17, 15) is 18.0 Å². The van der Waals surface area contributed by atoms with E-state index < -0.39 is 16.1 Å². The molecule has 2 aliphatic heterocycles. The van der Waals surface area contributed by atoms with Crippen LogP contribution >= 0.6 is 11.3 Å². The lowest BCUT2D eigenvalue weighted by Gasteiger charge is -2.34. The van der Waals surface area contributed by atoms with Gasteiger partial charge < -0.3 is 14.7 Å². The van der Waals surface area contributed by atoms with Crippen molar-refractivity contribution in [2.45, 2.75) is 68.7 Å². The number of piperidine rings is 1. The molecule has 2 saturated heterocycles. The first-order valence-corrected chi connectivity index (χ1v) is 16.0. The van der Waals surface area contributed by atoms with E-state index >= 15 is 0 Å². The minimum absolute atomic E-state index is 0.00279. The molecule has 4 rings (SSSR count). The van der Waals surface area contributed by atoms with Crippen molar-refractivity contribution in [1.29, 1.82) is 0 Å². The van der Waals surface area contributed by atoms with E-state index in [2.05, 4.69) is 23.6 Å². The van der Waals surface area contributed by atoms with E-state index in [-0.39, 0.29) is 28.6 Å². The van der Waals surface area contributed by atoms with Crippen LogP contribution in [-0.2, 0) is 19.6 Å². The molecule has 0 radical (unpaired) electrons. The summed E-state index contributed by atoms with van der Waals surface area (Å²) in [6.45, 7) is 7.21. The lowest BCUT2D eigenvalue weighted by molar-refractivity contribution is -0.143. The van der Waals surface area contributed by atoms with Gasteiger partial charge in [0.25, 0.3) is 10.0 Å². The third-order valence-corrected chi connectivity index (χ3v) is 10.4. The van der Waals surface area contributed by atoms with Crippen molar-refractivity contribution in [2.24, 2.45) is 0 Å². The van der Waals surface area contributed by atoms with E-state index in [4.69, 9.17) is 0 Å². The average Bonchev–Trinajstić information content (AvgIpc) is 3.56. The zero-order valence-corrected chi connectivity index (χ0v) is 24.3. The van der Waals surface area contributed by atoms with E-state index in [1.54, 1.807) is 6.07 Å². The lowest BCUT2D eigenvalue weighted by atomic mass is 10.1. The monoisotopic (exact) mass is 560 g/mol. The van der Waals surface area contributed by atoms with Gasteiger partial charge >= 0.3 is 0 Å². The first-order valence-electron chi connectivity index (χ1n) is 13.6. The van der Waals surface area contributed by atoms with Gasteiger partial charge in [0.2, 0.25) is 11.8 Å². The van der Waals surface area contributed by atoms with E-state index in [1.807, 2.05) is 41.5 Å². The summed E-state index contributed by atoms with van der Waals surface area (Å²) in [7, 11) is -1.77. The SMILES string of the molecule is CCCCN(C)C[C@@H]1CCCN1C(=O)CN1CCC[C@H](NS(=O)(=O)c2cc(-c3ccc(C)cc3)cs2)C1=O. The number of rotatable bonds is 11. The van der Waals surface area contributed by atoms with Gasteiger partial charge in [-0.2, -0.15) is 4.72 Å². The van der Waals surface area contributed by atoms with Crippen LogP contribution in [0.2, 0.25) is 0 Å². The van der Waals surface area contributed by atoms with Gasteiger partial charge in [-0.1, -0.05) is 43.2 Å². The van der Waals surface area contributed by atoms with E-state index in [0.717, 1.165) is 66.8 Å². The van der Waals surface area contributed by atoms with Gasteiger partial charge in [0.1, 0.15) is 10.3 Å². The van der Waals surface area contributed by atoms with Crippen molar-refractivity contribution in [2.75, 3.05) is 39.8 Å². The zero-order valence-electron chi connectivity index (χ0n) is 22.7. The fourth-order valence-corrected chi connectivity index (χ4v) is 7.72. The van der Waals surface area contributed by atoms with Gasteiger partial charge in [-0.15, -0.1) is 11.3 Å². The van der Waals surface area contributed by atoms with Crippen molar-refractivity contribution in [3.05, 3.63) is 41.3 Å². The Kier molecular flexibility index (Phi) is 9.62. The van der Waals surface area contributed by atoms with Crippen molar-refractivity contribution in [3.63, 3.8) is 0 Å². The molecule has 2 aliphatic rings. The molecule has 1 aromatic carbocycles. The van der Waals surface area contributed by atoms with Gasteiger partial charge in [-0.3, -0.25) is 9.59 Å². The van der Waals surface area contributed by atoms with Crippen LogP contribution in [0.4, 0.5) is 0 Å². The number of sulfonamides is 1. The number of likely N-dealkylation sites (tertiary alicyclic amines) is 2. The number of carbonyl (C=O) groups is 2. The van der Waals surface area contributed by atoms with Crippen LogP contribution in [0.1, 0.15) is 51.0 Å². The largest absolute Gasteiger partial charge is 0.337 e. The van der Waals surface area contributed by atoms with Gasteiger partial charge in [0.15, 0.2) is 0 Å². The Bertz CT molecular complexity index is 1210. The minimum atomic E-state index is -3.87. The summed E-state index contributed by atoms with van der Waals surface area (Å²) in [6.07, 6.45) is 5.29. The van der Waals surface area contributed by atoms with E-state index in [1.165, 1.54) is 4.90 Å². The second-order valence-electron chi connectivity index (χ2n) is 10.6. The quantitative estimate of drug-likeness (QED) is 0.453. The molecule has 208 valence electrons. The first-order chi connectivity index (χ1) is 18.2. The highest BCUT2D eigenvalue weighted by atomic mass is 32.2. The Balaban J connectivity index is 1.36. The third-order valence-electron chi connectivity index (χ3n) is 7.49. The topological polar surface area (TPSA) is 90.0 Å². The Morgan fingerprint density at radius 1 is 1.13 bits per heavy atom.